The van der Waals surface area contributed by atoms with Crippen LogP contribution in [0.3, 0.4) is 0 Å². The van der Waals surface area contributed by atoms with Crippen molar-refractivity contribution in [2.45, 2.75) is 12.8 Å². The second kappa shape index (κ2) is 7.21. The molecular weight excluding hydrogens is 356 g/mol. The lowest BCUT2D eigenvalue weighted by Gasteiger charge is -2.12. The molecule has 0 bridgehead atoms. The van der Waals surface area contributed by atoms with Crippen molar-refractivity contribution in [2.24, 2.45) is 5.73 Å². The largest absolute Gasteiger partial charge is 0.370 e. The molecule has 0 radical (unpaired) electrons. The van der Waals surface area contributed by atoms with Gasteiger partial charge in [0.05, 0.1) is 10.2 Å². The normalized spacial score (nSPS) is 11.0. The first-order valence-electron chi connectivity index (χ1n) is 8.70. The number of benzene rings is 3. The molecule has 27 heavy (non-hydrogen) atoms. The van der Waals surface area contributed by atoms with Crippen LogP contribution < -0.4 is 10.6 Å². The quantitative estimate of drug-likeness (QED) is 0.545. The molecule has 4 aromatic rings. The number of aromatic amines is 1. The summed E-state index contributed by atoms with van der Waals surface area (Å²) in [5.74, 6) is -0.316. The lowest BCUT2D eigenvalue weighted by molar-refractivity contribution is -0.117. The highest BCUT2D eigenvalue weighted by Crippen LogP contribution is 2.31. The van der Waals surface area contributed by atoms with E-state index in [4.69, 9.17) is 5.73 Å². The number of primary amides is 1. The van der Waals surface area contributed by atoms with Crippen LogP contribution in [0.4, 0.5) is 0 Å². The molecule has 4 rings (SSSR count). The molecule has 0 spiro atoms. The molecule has 134 valence electrons. The van der Waals surface area contributed by atoms with Crippen molar-refractivity contribution in [1.82, 2.24) is 4.98 Å². The Bertz CT molecular complexity index is 1180. The van der Waals surface area contributed by atoms with E-state index >= 15 is 0 Å². The highest BCUT2D eigenvalue weighted by atomic mass is 32.1. The minimum Gasteiger partial charge on any atom is -0.370 e. The highest BCUT2D eigenvalue weighted by molar-refractivity contribution is 7.16. The van der Waals surface area contributed by atoms with Crippen LogP contribution in [0.2, 0.25) is 0 Å². The summed E-state index contributed by atoms with van der Waals surface area (Å²) in [6.07, 6.45) is 0.867. The van der Waals surface area contributed by atoms with Crippen LogP contribution in [0, 0.1) is 0 Å². The number of carbonyl (C=O) groups excluding carboxylic acids is 1. The third-order valence-corrected chi connectivity index (χ3v) is 5.45. The van der Waals surface area contributed by atoms with Crippen LogP contribution in [0.1, 0.15) is 12.0 Å². The van der Waals surface area contributed by atoms with Gasteiger partial charge in [-0.2, -0.15) is 0 Å². The van der Waals surface area contributed by atoms with Crippen LogP contribution in [0.15, 0.2) is 71.5 Å². The van der Waals surface area contributed by atoms with Crippen molar-refractivity contribution in [3.63, 3.8) is 0 Å². The number of aromatic nitrogens is 1. The Hall–Kier alpha value is -3.18. The van der Waals surface area contributed by atoms with Crippen molar-refractivity contribution >= 4 is 27.5 Å². The summed E-state index contributed by atoms with van der Waals surface area (Å²) in [5, 5.41) is 0. The first kappa shape index (κ1) is 17.2. The Kier molecular flexibility index (Phi) is 4.60. The molecule has 3 aromatic carbocycles. The van der Waals surface area contributed by atoms with Crippen LogP contribution in [-0.4, -0.2) is 10.9 Å². The Balaban J connectivity index is 1.81. The number of H-pyrrole nitrogens is 1. The van der Waals surface area contributed by atoms with Gasteiger partial charge in [0.2, 0.25) is 5.91 Å². The molecular formula is C22H18N2O2S. The van der Waals surface area contributed by atoms with E-state index < -0.39 is 0 Å². The van der Waals surface area contributed by atoms with Gasteiger partial charge in [0, 0.05) is 6.42 Å². The molecule has 0 saturated carbocycles. The molecule has 0 unspecified atom stereocenters. The molecule has 1 aromatic heterocycles. The summed E-state index contributed by atoms with van der Waals surface area (Å²) < 4.78 is 0.934. The maximum absolute atomic E-state index is 11.6. The number of carbonyl (C=O) groups is 1. The minimum absolute atomic E-state index is 0.0597. The topological polar surface area (TPSA) is 76.0 Å². The molecule has 0 aliphatic rings. The maximum atomic E-state index is 11.6. The number of nitrogens with two attached hydrogens (primary N) is 1. The summed E-state index contributed by atoms with van der Waals surface area (Å²) in [6.45, 7) is 0. The Morgan fingerprint density at radius 1 is 0.926 bits per heavy atom. The Labute approximate surface area is 160 Å². The zero-order valence-electron chi connectivity index (χ0n) is 14.6. The van der Waals surface area contributed by atoms with Crippen molar-refractivity contribution in [2.75, 3.05) is 0 Å². The van der Waals surface area contributed by atoms with Crippen molar-refractivity contribution in [3.8, 4) is 22.3 Å². The van der Waals surface area contributed by atoms with Crippen LogP contribution in [0.5, 0.6) is 0 Å². The molecule has 0 aliphatic carbocycles. The van der Waals surface area contributed by atoms with Crippen LogP contribution in [-0.2, 0) is 11.2 Å². The second-order valence-electron chi connectivity index (χ2n) is 6.43. The molecule has 1 amide bonds. The fourth-order valence-corrected chi connectivity index (χ4v) is 3.99. The number of nitrogens with one attached hydrogen (secondary N) is 1. The second-order valence-corrected chi connectivity index (χ2v) is 7.44. The van der Waals surface area contributed by atoms with E-state index in [1.165, 1.54) is 11.3 Å². The van der Waals surface area contributed by atoms with E-state index in [1.807, 2.05) is 36.4 Å². The molecule has 0 saturated heterocycles. The standard InChI is InChI=1S/C22H18N2O2S/c23-21(25)11-8-16-12-15(14-4-2-1-3-5-14)6-9-18(16)17-7-10-20-19(13-17)24-22(26)27-20/h1-7,9-10,12-13H,8,11H2,(H2,23,25)(H,24,26). The SMILES string of the molecule is NC(=O)CCc1cc(-c2ccccc2)ccc1-c1ccc2sc(=O)[nH]c2c1. The lowest BCUT2D eigenvalue weighted by Crippen LogP contribution is -2.11. The first-order valence-corrected chi connectivity index (χ1v) is 9.52. The van der Waals surface area contributed by atoms with E-state index in [2.05, 4.69) is 35.3 Å². The average molecular weight is 374 g/mol. The van der Waals surface area contributed by atoms with Gasteiger partial charge in [0.25, 0.3) is 0 Å². The number of hydrogen-bond acceptors (Lipinski definition) is 3. The zero-order chi connectivity index (χ0) is 18.8. The minimum atomic E-state index is -0.316. The molecule has 3 N–H and O–H groups in total. The van der Waals surface area contributed by atoms with Gasteiger partial charge in [-0.3, -0.25) is 9.59 Å². The molecule has 0 atom stereocenters. The highest BCUT2D eigenvalue weighted by Gasteiger charge is 2.10. The number of fused-ring (bicyclic) bond motifs is 1. The fraction of sp³-hybridized carbons (Fsp3) is 0.0909. The van der Waals surface area contributed by atoms with Gasteiger partial charge < -0.3 is 10.7 Å². The zero-order valence-corrected chi connectivity index (χ0v) is 15.4. The number of aryl methyl sites for hydroxylation is 1. The van der Waals surface area contributed by atoms with E-state index in [0.29, 0.717) is 12.8 Å². The van der Waals surface area contributed by atoms with Crippen molar-refractivity contribution in [3.05, 3.63) is 82.0 Å². The number of hydrogen-bond donors (Lipinski definition) is 2. The van der Waals surface area contributed by atoms with E-state index in [0.717, 1.165) is 38.0 Å². The molecule has 1 heterocycles. The summed E-state index contributed by atoms with van der Waals surface area (Å²) in [5.41, 5.74) is 11.6. The molecule has 4 nitrogen and oxygen atoms in total. The summed E-state index contributed by atoms with van der Waals surface area (Å²) in [7, 11) is 0. The van der Waals surface area contributed by atoms with Crippen molar-refractivity contribution < 1.29 is 4.79 Å². The molecule has 5 heteroatoms. The fourth-order valence-electron chi connectivity index (χ4n) is 3.27. The smallest absolute Gasteiger partial charge is 0.305 e. The number of thiazole rings is 1. The maximum Gasteiger partial charge on any atom is 0.305 e. The van der Waals surface area contributed by atoms with Gasteiger partial charge in [-0.1, -0.05) is 65.9 Å². The van der Waals surface area contributed by atoms with Gasteiger partial charge in [-0.05, 0) is 46.4 Å². The third kappa shape index (κ3) is 3.68. The first-order chi connectivity index (χ1) is 13.1. The monoisotopic (exact) mass is 374 g/mol. The predicted molar refractivity (Wildman–Crippen MR) is 111 cm³/mol. The number of rotatable bonds is 5. The Morgan fingerprint density at radius 2 is 1.70 bits per heavy atom. The van der Waals surface area contributed by atoms with Gasteiger partial charge >= 0.3 is 4.87 Å². The predicted octanol–water partition coefficient (Wildman–Crippen LogP) is 4.34. The van der Waals surface area contributed by atoms with E-state index in [9.17, 15) is 9.59 Å². The van der Waals surface area contributed by atoms with Gasteiger partial charge in [0.1, 0.15) is 0 Å². The van der Waals surface area contributed by atoms with Crippen LogP contribution >= 0.6 is 11.3 Å². The molecule has 0 aliphatic heterocycles. The van der Waals surface area contributed by atoms with Gasteiger partial charge in [-0.25, -0.2) is 0 Å². The van der Waals surface area contributed by atoms with Gasteiger partial charge in [-0.15, -0.1) is 0 Å². The average Bonchev–Trinajstić information content (AvgIpc) is 3.06. The number of amides is 1. The summed E-state index contributed by atoms with van der Waals surface area (Å²) >= 11 is 1.20. The van der Waals surface area contributed by atoms with Gasteiger partial charge in [0.15, 0.2) is 0 Å². The van der Waals surface area contributed by atoms with Crippen LogP contribution in [0.25, 0.3) is 32.5 Å². The molecule has 0 fully saturated rings. The van der Waals surface area contributed by atoms with E-state index in [1.54, 1.807) is 0 Å². The summed E-state index contributed by atoms with van der Waals surface area (Å²) in [6, 6.07) is 22.4. The van der Waals surface area contributed by atoms with E-state index in [-0.39, 0.29) is 10.8 Å². The summed E-state index contributed by atoms with van der Waals surface area (Å²) in [4.78, 5) is 25.7. The Morgan fingerprint density at radius 3 is 2.48 bits per heavy atom. The third-order valence-electron chi connectivity index (χ3n) is 4.58. The lowest BCUT2D eigenvalue weighted by atomic mass is 9.92. The van der Waals surface area contributed by atoms with Crippen molar-refractivity contribution in [1.29, 1.82) is 0 Å².